The van der Waals surface area contributed by atoms with Gasteiger partial charge in [0, 0.05) is 17.6 Å². The maximum Gasteiger partial charge on any atom is 0.360 e. The van der Waals surface area contributed by atoms with Gasteiger partial charge in [0.15, 0.2) is 10.2 Å². The number of carbonyl (C=O) groups is 1. The number of halogens is 1. The van der Waals surface area contributed by atoms with Gasteiger partial charge in [0.1, 0.15) is 5.82 Å². The second-order valence-corrected chi connectivity index (χ2v) is 6.09. The second kappa shape index (κ2) is 5.42. The first-order valence-corrected chi connectivity index (χ1v) is 7.35. The predicted octanol–water partition coefficient (Wildman–Crippen LogP) is 2.23. The standard InChI is InChI=1S/C13H12ClN3O3S/c1-20-12(19)10-11(18)17(7-8-6-15-13(14)21-8)9-4-2-3-5-16(9)10/h2-4,6,18H,5,7H2,1H3. The van der Waals surface area contributed by atoms with Crippen LogP contribution in [0.25, 0.3) is 0 Å². The molecule has 1 aromatic heterocycles. The van der Waals surface area contributed by atoms with Crippen LogP contribution < -0.4 is 0 Å². The molecule has 0 fully saturated rings. The minimum Gasteiger partial charge on any atom is -0.493 e. The highest BCUT2D eigenvalue weighted by atomic mass is 35.5. The van der Waals surface area contributed by atoms with Crippen LogP contribution in [-0.4, -0.2) is 39.5 Å². The van der Waals surface area contributed by atoms with Crippen molar-refractivity contribution in [2.75, 3.05) is 13.7 Å². The molecule has 8 heteroatoms. The Morgan fingerprint density at radius 3 is 3.10 bits per heavy atom. The number of aliphatic hydroxyl groups is 1. The molecule has 1 aromatic rings. The molecule has 3 rings (SSSR count). The third-order valence-electron chi connectivity index (χ3n) is 3.18. The summed E-state index contributed by atoms with van der Waals surface area (Å²) >= 11 is 7.16. The first-order chi connectivity index (χ1) is 10.1. The van der Waals surface area contributed by atoms with Gasteiger partial charge in [0.25, 0.3) is 0 Å². The van der Waals surface area contributed by atoms with E-state index in [-0.39, 0.29) is 11.6 Å². The number of aliphatic hydroxyl groups excluding tert-OH is 1. The van der Waals surface area contributed by atoms with Gasteiger partial charge in [-0.3, -0.25) is 4.90 Å². The summed E-state index contributed by atoms with van der Waals surface area (Å²) in [5, 5.41) is 10.4. The van der Waals surface area contributed by atoms with E-state index < -0.39 is 5.97 Å². The Labute approximate surface area is 130 Å². The first kappa shape index (κ1) is 14.0. The summed E-state index contributed by atoms with van der Waals surface area (Å²) < 4.78 is 5.19. The summed E-state index contributed by atoms with van der Waals surface area (Å²) in [5.41, 5.74) is 0.142. The highest BCUT2D eigenvalue weighted by Gasteiger charge is 2.38. The van der Waals surface area contributed by atoms with Crippen LogP contribution in [0.4, 0.5) is 0 Å². The number of hydrogen-bond donors (Lipinski definition) is 1. The lowest BCUT2D eigenvalue weighted by Crippen LogP contribution is -2.29. The van der Waals surface area contributed by atoms with Gasteiger partial charge >= 0.3 is 5.97 Å². The molecule has 1 N–H and O–H groups in total. The lowest BCUT2D eigenvalue weighted by Gasteiger charge is -2.26. The molecule has 0 aromatic carbocycles. The van der Waals surface area contributed by atoms with Crippen LogP contribution in [0.15, 0.2) is 41.8 Å². The minimum absolute atomic E-state index is 0.124. The largest absolute Gasteiger partial charge is 0.493 e. The lowest BCUT2D eigenvalue weighted by molar-refractivity contribution is -0.137. The minimum atomic E-state index is -0.571. The Hall–Kier alpha value is -1.99. The molecule has 0 radical (unpaired) electrons. The van der Waals surface area contributed by atoms with Crippen molar-refractivity contribution in [1.82, 2.24) is 14.8 Å². The Bertz CT molecular complexity index is 680. The molecule has 0 saturated carbocycles. The molecule has 0 amide bonds. The van der Waals surface area contributed by atoms with Gasteiger partial charge in [-0.05, 0) is 6.08 Å². The van der Waals surface area contributed by atoms with Crippen LogP contribution in [-0.2, 0) is 16.1 Å². The van der Waals surface area contributed by atoms with Gasteiger partial charge < -0.3 is 14.7 Å². The lowest BCUT2D eigenvalue weighted by atomic mass is 10.3. The number of aromatic nitrogens is 1. The number of nitrogens with zero attached hydrogens (tertiary/aromatic N) is 3. The number of ether oxygens (including phenoxy) is 1. The summed E-state index contributed by atoms with van der Waals surface area (Å²) in [6, 6.07) is 0. The van der Waals surface area contributed by atoms with Crippen LogP contribution in [0.2, 0.25) is 4.47 Å². The Morgan fingerprint density at radius 1 is 1.62 bits per heavy atom. The van der Waals surface area contributed by atoms with E-state index in [1.54, 1.807) is 16.0 Å². The number of hydrogen-bond acceptors (Lipinski definition) is 7. The van der Waals surface area contributed by atoms with Gasteiger partial charge in [-0.2, -0.15) is 0 Å². The van der Waals surface area contributed by atoms with Crippen molar-refractivity contribution in [3.05, 3.63) is 51.2 Å². The molecule has 3 heterocycles. The van der Waals surface area contributed by atoms with E-state index in [2.05, 4.69) is 4.98 Å². The number of carbonyl (C=O) groups excluding carboxylic acids is 1. The fraction of sp³-hybridized carbons (Fsp3) is 0.231. The average molecular weight is 326 g/mol. The molecular formula is C13H12ClN3O3S. The molecule has 2 aliphatic heterocycles. The number of allylic oxidation sites excluding steroid dienone is 2. The zero-order chi connectivity index (χ0) is 15.0. The van der Waals surface area contributed by atoms with E-state index in [1.807, 2.05) is 18.2 Å². The summed E-state index contributed by atoms with van der Waals surface area (Å²) in [6.45, 7) is 0.882. The molecule has 0 saturated heterocycles. The maximum atomic E-state index is 11.9. The van der Waals surface area contributed by atoms with Crippen LogP contribution >= 0.6 is 22.9 Å². The quantitative estimate of drug-likeness (QED) is 0.860. The predicted molar refractivity (Wildman–Crippen MR) is 78.3 cm³/mol. The first-order valence-electron chi connectivity index (χ1n) is 6.15. The zero-order valence-electron chi connectivity index (χ0n) is 11.1. The van der Waals surface area contributed by atoms with E-state index in [1.165, 1.54) is 18.4 Å². The normalized spacial score (nSPS) is 17.1. The molecule has 6 nitrogen and oxygen atoms in total. The third-order valence-corrected chi connectivity index (χ3v) is 4.28. The van der Waals surface area contributed by atoms with E-state index in [0.717, 1.165) is 10.7 Å². The van der Waals surface area contributed by atoms with Crippen molar-refractivity contribution in [3.8, 4) is 0 Å². The molecular weight excluding hydrogens is 314 g/mol. The molecule has 0 aliphatic carbocycles. The van der Waals surface area contributed by atoms with Crippen LogP contribution in [0, 0.1) is 0 Å². The van der Waals surface area contributed by atoms with E-state index in [0.29, 0.717) is 17.6 Å². The van der Waals surface area contributed by atoms with Crippen LogP contribution in [0.1, 0.15) is 4.88 Å². The molecule has 21 heavy (non-hydrogen) atoms. The SMILES string of the molecule is COC(=O)C1=C(O)N(Cc2cnc(Cl)s2)C2=CC=CCN21. The fourth-order valence-corrected chi connectivity index (χ4v) is 3.24. The monoisotopic (exact) mass is 325 g/mol. The average Bonchev–Trinajstić information content (AvgIpc) is 3.01. The summed E-state index contributed by atoms with van der Waals surface area (Å²) in [4.78, 5) is 20.1. The second-order valence-electron chi connectivity index (χ2n) is 4.39. The number of esters is 1. The Kier molecular flexibility index (Phi) is 3.60. The number of fused-ring (bicyclic) bond motifs is 1. The van der Waals surface area contributed by atoms with Crippen molar-refractivity contribution in [2.24, 2.45) is 0 Å². The van der Waals surface area contributed by atoms with Gasteiger partial charge in [-0.15, -0.1) is 11.3 Å². The number of thiazole rings is 1. The zero-order valence-corrected chi connectivity index (χ0v) is 12.7. The van der Waals surface area contributed by atoms with Crippen molar-refractivity contribution in [3.63, 3.8) is 0 Å². The topological polar surface area (TPSA) is 65.9 Å². The van der Waals surface area contributed by atoms with Gasteiger partial charge in [-0.1, -0.05) is 23.8 Å². The number of methoxy groups -OCH3 is 1. The van der Waals surface area contributed by atoms with Gasteiger partial charge in [-0.25, -0.2) is 9.78 Å². The molecule has 110 valence electrons. The molecule has 0 spiro atoms. The number of rotatable bonds is 3. The third kappa shape index (κ3) is 2.38. The molecule has 0 unspecified atom stereocenters. The molecule has 2 aliphatic rings. The van der Waals surface area contributed by atoms with E-state index >= 15 is 0 Å². The highest BCUT2D eigenvalue weighted by Crippen LogP contribution is 2.35. The van der Waals surface area contributed by atoms with Gasteiger partial charge in [0.2, 0.25) is 5.88 Å². The van der Waals surface area contributed by atoms with Crippen molar-refractivity contribution >= 4 is 28.9 Å². The van der Waals surface area contributed by atoms with Crippen molar-refractivity contribution in [2.45, 2.75) is 6.54 Å². The van der Waals surface area contributed by atoms with Crippen LogP contribution in [0.3, 0.4) is 0 Å². The fourth-order valence-electron chi connectivity index (χ4n) is 2.27. The highest BCUT2D eigenvalue weighted by molar-refractivity contribution is 7.15. The Morgan fingerprint density at radius 2 is 2.43 bits per heavy atom. The Balaban J connectivity index is 1.97. The smallest absolute Gasteiger partial charge is 0.360 e. The molecule has 0 atom stereocenters. The van der Waals surface area contributed by atoms with E-state index in [4.69, 9.17) is 16.3 Å². The van der Waals surface area contributed by atoms with Crippen molar-refractivity contribution in [1.29, 1.82) is 0 Å². The summed E-state index contributed by atoms with van der Waals surface area (Å²) in [7, 11) is 1.29. The molecule has 0 bridgehead atoms. The summed E-state index contributed by atoms with van der Waals surface area (Å²) in [6.07, 6.45) is 7.26. The van der Waals surface area contributed by atoms with Crippen LogP contribution in [0.5, 0.6) is 0 Å². The van der Waals surface area contributed by atoms with Crippen molar-refractivity contribution < 1.29 is 14.6 Å². The van der Waals surface area contributed by atoms with E-state index in [9.17, 15) is 9.90 Å². The maximum absolute atomic E-state index is 11.9. The summed E-state index contributed by atoms with van der Waals surface area (Å²) in [5.74, 6) is 0.0276. The van der Waals surface area contributed by atoms with Gasteiger partial charge in [0.05, 0.1) is 13.7 Å².